The van der Waals surface area contributed by atoms with Crippen molar-refractivity contribution in [2.75, 3.05) is 11.6 Å². The van der Waals surface area contributed by atoms with E-state index in [-0.39, 0.29) is 5.97 Å². The number of allylic oxidation sites excluding steroid dienone is 2. The molecule has 0 aliphatic heterocycles. The number of hydrazine groups is 1. The molecule has 0 saturated heterocycles. The van der Waals surface area contributed by atoms with Crippen LogP contribution in [0.2, 0.25) is 0 Å². The summed E-state index contributed by atoms with van der Waals surface area (Å²) in [6.45, 7) is 4.99. The average molecular weight is 362 g/mol. The summed E-state index contributed by atoms with van der Waals surface area (Å²) >= 11 is 0. The fraction of sp³-hybridized carbons (Fsp3) is 0.261. The Kier molecular flexibility index (Phi) is 6.31. The number of benzene rings is 2. The largest absolute Gasteiger partial charge is 0.463 e. The molecule has 0 saturated carbocycles. The molecular weight excluding hydrogens is 336 g/mol. The van der Waals surface area contributed by atoms with E-state index in [4.69, 9.17) is 4.74 Å². The molecule has 0 heterocycles. The van der Waals surface area contributed by atoms with Gasteiger partial charge in [-0.25, -0.2) is 4.79 Å². The SMILES string of the molecule is CCOC(=O)C1=C(C)CC(NN(Cc2ccccc2)c2ccccc2)=CC1. The summed E-state index contributed by atoms with van der Waals surface area (Å²) in [5.41, 5.74) is 8.81. The summed E-state index contributed by atoms with van der Waals surface area (Å²) < 4.78 is 5.16. The van der Waals surface area contributed by atoms with Crippen LogP contribution in [0.4, 0.5) is 5.69 Å². The normalized spacial score (nSPS) is 13.8. The molecular formula is C23H26N2O2. The molecule has 1 N–H and O–H groups in total. The van der Waals surface area contributed by atoms with E-state index in [1.165, 1.54) is 5.56 Å². The van der Waals surface area contributed by atoms with Crippen LogP contribution in [0.3, 0.4) is 0 Å². The summed E-state index contributed by atoms with van der Waals surface area (Å²) in [5.74, 6) is -0.200. The van der Waals surface area contributed by atoms with Gasteiger partial charge in [-0.3, -0.25) is 5.01 Å². The molecule has 4 heteroatoms. The van der Waals surface area contributed by atoms with Crippen molar-refractivity contribution in [3.05, 3.63) is 89.1 Å². The van der Waals surface area contributed by atoms with Gasteiger partial charge in [0.2, 0.25) is 0 Å². The third kappa shape index (κ3) is 5.00. The molecule has 1 aliphatic rings. The highest BCUT2D eigenvalue weighted by Crippen LogP contribution is 2.25. The van der Waals surface area contributed by atoms with Crippen LogP contribution < -0.4 is 10.4 Å². The Labute approximate surface area is 161 Å². The van der Waals surface area contributed by atoms with E-state index in [9.17, 15) is 4.79 Å². The molecule has 0 amide bonds. The van der Waals surface area contributed by atoms with Gasteiger partial charge in [-0.15, -0.1) is 0 Å². The number of hydrogen-bond donors (Lipinski definition) is 1. The van der Waals surface area contributed by atoms with E-state index in [1.807, 2.05) is 38.1 Å². The van der Waals surface area contributed by atoms with Crippen molar-refractivity contribution in [2.45, 2.75) is 33.2 Å². The number of anilines is 1. The van der Waals surface area contributed by atoms with Crippen molar-refractivity contribution < 1.29 is 9.53 Å². The van der Waals surface area contributed by atoms with Crippen LogP contribution in [0.25, 0.3) is 0 Å². The molecule has 0 radical (unpaired) electrons. The Morgan fingerprint density at radius 1 is 1.07 bits per heavy atom. The summed E-state index contributed by atoms with van der Waals surface area (Å²) in [7, 11) is 0. The Bertz CT molecular complexity index is 826. The first kappa shape index (κ1) is 18.8. The fourth-order valence-corrected chi connectivity index (χ4v) is 3.17. The van der Waals surface area contributed by atoms with Gasteiger partial charge >= 0.3 is 5.97 Å². The van der Waals surface area contributed by atoms with Crippen LogP contribution in [-0.2, 0) is 16.1 Å². The molecule has 0 bridgehead atoms. The van der Waals surface area contributed by atoms with Crippen LogP contribution >= 0.6 is 0 Å². The van der Waals surface area contributed by atoms with E-state index in [0.29, 0.717) is 19.4 Å². The van der Waals surface area contributed by atoms with Crippen LogP contribution in [-0.4, -0.2) is 12.6 Å². The van der Waals surface area contributed by atoms with Gasteiger partial charge in [-0.2, -0.15) is 0 Å². The molecule has 3 rings (SSSR count). The quantitative estimate of drug-likeness (QED) is 0.570. The van der Waals surface area contributed by atoms with Crippen molar-refractivity contribution in [1.29, 1.82) is 0 Å². The topological polar surface area (TPSA) is 41.6 Å². The van der Waals surface area contributed by atoms with Gasteiger partial charge in [0.05, 0.1) is 18.8 Å². The first-order valence-electron chi connectivity index (χ1n) is 9.35. The highest BCUT2D eigenvalue weighted by atomic mass is 16.5. The van der Waals surface area contributed by atoms with E-state index < -0.39 is 0 Å². The van der Waals surface area contributed by atoms with Crippen molar-refractivity contribution in [3.63, 3.8) is 0 Å². The van der Waals surface area contributed by atoms with Gasteiger partial charge < -0.3 is 10.2 Å². The summed E-state index contributed by atoms with van der Waals surface area (Å²) in [5, 5.41) is 2.14. The monoisotopic (exact) mass is 362 g/mol. The zero-order valence-electron chi connectivity index (χ0n) is 15.9. The zero-order valence-corrected chi connectivity index (χ0v) is 15.9. The zero-order chi connectivity index (χ0) is 19.1. The van der Waals surface area contributed by atoms with E-state index in [0.717, 1.165) is 29.1 Å². The molecule has 1 aliphatic carbocycles. The number of esters is 1. The van der Waals surface area contributed by atoms with E-state index in [1.54, 1.807) is 0 Å². The molecule has 0 spiro atoms. The predicted molar refractivity (Wildman–Crippen MR) is 109 cm³/mol. The molecule has 0 unspecified atom stereocenters. The van der Waals surface area contributed by atoms with E-state index in [2.05, 4.69) is 52.9 Å². The van der Waals surface area contributed by atoms with Crippen LogP contribution in [0, 0.1) is 0 Å². The summed E-state index contributed by atoms with van der Waals surface area (Å²) in [6.07, 6.45) is 3.40. The first-order valence-corrected chi connectivity index (χ1v) is 9.35. The number of carbonyl (C=O) groups excluding carboxylic acids is 1. The third-order valence-corrected chi connectivity index (χ3v) is 4.58. The fourth-order valence-electron chi connectivity index (χ4n) is 3.17. The van der Waals surface area contributed by atoms with Crippen molar-refractivity contribution in [1.82, 2.24) is 5.43 Å². The standard InChI is InChI=1S/C23H26N2O2/c1-3-27-23(26)22-15-14-20(16-18(22)2)24-25(21-12-8-5-9-13-21)17-19-10-6-4-7-11-19/h4-14,24H,3,15-17H2,1-2H3. The van der Waals surface area contributed by atoms with Gasteiger partial charge in [0, 0.05) is 17.7 Å². The predicted octanol–water partition coefficient (Wildman–Crippen LogP) is 4.76. The van der Waals surface area contributed by atoms with Gasteiger partial charge in [0.15, 0.2) is 0 Å². The van der Waals surface area contributed by atoms with Crippen molar-refractivity contribution in [3.8, 4) is 0 Å². The maximum Gasteiger partial charge on any atom is 0.334 e. The second kappa shape index (κ2) is 9.08. The molecule has 140 valence electrons. The Morgan fingerprint density at radius 2 is 1.74 bits per heavy atom. The number of para-hydroxylation sites is 1. The van der Waals surface area contributed by atoms with Gasteiger partial charge in [-0.05, 0) is 38.0 Å². The summed E-state index contributed by atoms with van der Waals surface area (Å²) in [4.78, 5) is 12.1. The Balaban J connectivity index is 1.74. The number of nitrogens with zero attached hydrogens (tertiary/aromatic N) is 1. The highest BCUT2D eigenvalue weighted by Gasteiger charge is 2.19. The number of ether oxygens (including phenoxy) is 1. The number of rotatable bonds is 7. The minimum atomic E-state index is -0.200. The minimum absolute atomic E-state index is 0.200. The van der Waals surface area contributed by atoms with Crippen LogP contribution in [0.5, 0.6) is 0 Å². The van der Waals surface area contributed by atoms with Crippen molar-refractivity contribution >= 4 is 11.7 Å². The lowest BCUT2D eigenvalue weighted by molar-refractivity contribution is -0.138. The Hall–Kier alpha value is -3.01. The smallest absolute Gasteiger partial charge is 0.334 e. The Morgan fingerprint density at radius 3 is 2.37 bits per heavy atom. The molecule has 27 heavy (non-hydrogen) atoms. The van der Waals surface area contributed by atoms with Gasteiger partial charge in [0.25, 0.3) is 0 Å². The van der Waals surface area contributed by atoms with Gasteiger partial charge in [-0.1, -0.05) is 60.2 Å². The number of nitrogens with one attached hydrogen (secondary N) is 1. The highest BCUT2D eigenvalue weighted by molar-refractivity contribution is 5.90. The maximum absolute atomic E-state index is 12.1. The third-order valence-electron chi connectivity index (χ3n) is 4.58. The molecule has 0 fully saturated rings. The van der Waals surface area contributed by atoms with Crippen LogP contribution in [0.1, 0.15) is 32.3 Å². The number of hydrogen-bond acceptors (Lipinski definition) is 4. The lowest BCUT2D eigenvalue weighted by Gasteiger charge is -2.30. The maximum atomic E-state index is 12.1. The van der Waals surface area contributed by atoms with Crippen molar-refractivity contribution in [2.24, 2.45) is 0 Å². The lowest BCUT2D eigenvalue weighted by atomic mass is 9.96. The minimum Gasteiger partial charge on any atom is -0.463 e. The van der Waals surface area contributed by atoms with E-state index >= 15 is 0 Å². The summed E-state index contributed by atoms with van der Waals surface area (Å²) in [6, 6.07) is 20.6. The average Bonchev–Trinajstić information content (AvgIpc) is 2.69. The van der Waals surface area contributed by atoms with Crippen LogP contribution in [0.15, 0.2) is 83.6 Å². The second-order valence-corrected chi connectivity index (χ2v) is 6.61. The lowest BCUT2D eigenvalue weighted by Crippen LogP contribution is -2.37. The molecule has 2 aromatic carbocycles. The molecule has 2 aromatic rings. The molecule has 4 nitrogen and oxygen atoms in total. The number of carbonyl (C=O) groups is 1. The van der Waals surface area contributed by atoms with Gasteiger partial charge in [0.1, 0.15) is 0 Å². The molecule has 0 atom stereocenters. The molecule has 0 aromatic heterocycles. The first-order chi connectivity index (χ1) is 13.2. The second-order valence-electron chi connectivity index (χ2n) is 6.61.